The van der Waals surface area contributed by atoms with Gasteiger partial charge < -0.3 is 14.4 Å². The SMILES string of the molecule is CCN(CC)CCNS(=O)(=O)c1ccc(CO)o1. The highest BCUT2D eigenvalue weighted by Gasteiger charge is 2.18. The molecule has 1 heterocycles. The highest BCUT2D eigenvalue weighted by atomic mass is 32.2. The molecule has 0 amide bonds. The van der Waals surface area contributed by atoms with E-state index < -0.39 is 10.0 Å². The number of nitrogens with zero attached hydrogens (tertiary/aromatic N) is 1. The molecule has 104 valence electrons. The van der Waals surface area contributed by atoms with Gasteiger partial charge in [0.2, 0.25) is 5.09 Å². The Morgan fingerprint density at radius 2 is 2.00 bits per heavy atom. The molecule has 0 unspecified atom stereocenters. The summed E-state index contributed by atoms with van der Waals surface area (Å²) in [5, 5.41) is 8.65. The maximum absolute atomic E-state index is 11.8. The standard InChI is InChI=1S/C11H20N2O4S/c1-3-13(4-2)8-7-12-18(15,16)11-6-5-10(9-14)17-11/h5-6,12,14H,3-4,7-9H2,1-2H3. The molecule has 0 saturated carbocycles. The molecule has 0 atom stereocenters. The topological polar surface area (TPSA) is 82.8 Å². The molecule has 0 aliphatic rings. The quantitative estimate of drug-likeness (QED) is 0.718. The van der Waals surface area contributed by atoms with Gasteiger partial charge in [0.15, 0.2) is 0 Å². The van der Waals surface area contributed by atoms with E-state index in [1.165, 1.54) is 12.1 Å². The van der Waals surface area contributed by atoms with E-state index in [1.54, 1.807) is 0 Å². The summed E-state index contributed by atoms with van der Waals surface area (Å²) >= 11 is 0. The van der Waals surface area contributed by atoms with Crippen molar-refractivity contribution in [1.82, 2.24) is 9.62 Å². The summed E-state index contributed by atoms with van der Waals surface area (Å²) < 4.78 is 31.1. The Morgan fingerprint density at radius 3 is 2.50 bits per heavy atom. The molecule has 0 aliphatic heterocycles. The van der Waals surface area contributed by atoms with Crippen LogP contribution in [0.25, 0.3) is 0 Å². The Hall–Kier alpha value is -0.890. The minimum absolute atomic E-state index is 0.161. The predicted molar refractivity (Wildman–Crippen MR) is 67.6 cm³/mol. The van der Waals surface area contributed by atoms with Crippen LogP contribution in [0.1, 0.15) is 19.6 Å². The van der Waals surface area contributed by atoms with E-state index in [2.05, 4.69) is 9.62 Å². The lowest BCUT2D eigenvalue weighted by Gasteiger charge is -2.17. The first kappa shape index (κ1) is 15.2. The van der Waals surface area contributed by atoms with Crippen LogP contribution in [0.5, 0.6) is 0 Å². The van der Waals surface area contributed by atoms with Gasteiger partial charge >= 0.3 is 0 Å². The molecule has 1 aromatic heterocycles. The van der Waals surface area contributed by atoms with Gasteiger partial charge in [0.1, 0.15) is 12.4 Å². The van der Waals surface area contributed by atoms with Crippen LogP contribution in [0, 0.1) is 0 Å². The largest absolute Gasteiger partial charge is 0.446 e. The molecule has 6 nitrogen and oxygen atoms in total. The number of aliphatic hydroxyl groups excluding tert-OH is 1. The number of hydrogen-bond acceptors (Lipinski definition) is 5. The van der Waals surface area contributed by atoms with Crippen LogP contribution < -0.4 is 4.72 Å². The number of aliphatic hydroxyl groups is 1. The van der Waals surface area contributed by atoms with Crippen molar-refractivity contribution in [2.24, 2.45) is 0 Å². The fourth-order valence-electron chi connectivity index (χ4n) is 1.54. The number of likely N-dealkylation sites (N-methyl/N-ethyl adjacent to an activating group) is 1. The van der Waals surface area contributed by atoms with Crippen LogP contribution in [-0.2, 0) is 16.6 Å². The predicted octanol–water partition coefficient (Wildman–Crippen LogP) is 0.392. The summed E-state index contributed by atoms with van der Waals surface area (Å²) in [7, 11) is -3.62. The van der Waals surface area contributed by atoms with Crippen molar-refractivity contribution in [3.63, 3.8) is 0 Å². The molecular formula is C11H20N2O4S. The summed E-state index contributed by atoms with van der Waals surface area (Å²) in [5.41, 5.74) is 0. The van der Waals surface area contributed by atoms with Crippen LogP contribution in [-0.4, -0.2) is 44.6 Å². The lowest BCUT2D eigenvalue weighted by atomic mass is 10.5. The number of sulfonamides is 1. The molecule has 0 aliphatic carbocycles. The third-order valence-electron chi connectivity index (χ3n) is 2.67. The fraction of sp³-hybridized carbons (Fsp3) is 0.636. The van der Waals surface area contributed by atoms with Gasteiger partial charge in [-0.15, -0.1) is 0 Å². The van der Waals surface area contributed by atoms with E-state index in [0.29, 0.717) is 13.1 Å². The molecule has 0 aromatic carbocycles. The van der Waals surface area contributed by atoms with Crippen LogP contribution in [0.4, 0.5) is 0 Å². The van der Waals surface area contributed by atoms with Crippen molar-refractivity contribution >= 4 is 10.0 Å². The number of hydrogen-bond donors (Lipinski definition) is 2. The van der Waals surface area contributed by atoms with Crippen LogP contribution in [0.3, 0.4) is 0 Å². The van der Waals surface area contributed by atoms with E-state index in [0.717, 1.165) is 13.1 Å². The Kier molecular flexibility index (Phi) is 5.80. The Bertz CT molecular complexity index is 451. The average Bonchev–Trinajstić information content (AvgIpc) is 2.84. The minimum atomic E-state index is -3.62. The zero-order valence-electron chi connectivity index (χ0n) is 10.7. The molecule has 1 rings (SSSR count). The maximum Gasteiger partial charge on any atom is 0.274 e. The lowest BCUT2D eigenvalue weighted by molar-refractivity contribution is 0.236. The van der Waals surface area contributed by atoms with Crippen molar-refractivity contribution in [2.45, 2.75) is 25.5 Å². The average molecular weight is 276 g/mol. The summed E-state index contributed by atoms with van der Waals surface area (Å²) in [5.74, 6) is 0.235. The van der Waals surface area contributed by atoms with Gasteiger partial charge in [-0.2, -0.15) is 0 Å². The maximum atomic E-state index is 11.8. The van der Waals surface area contributed by atoms with E-state index in [9.17, 15) is 8.42 Å². The van der Waals surface area contributed by atoms with Crippen molar-refractivity contribution in [1.29, 1.82) is 0 Å². The Balaban J connectivity index is 2.54. The first-order valence-electron chi connectivity index (χ1n) is 5.95. The first-order valence-corrected chi connectivity index (χ1v) is 7.43. The molecule has 2 N–H and O–H groups in total. The molecule has 1 aromatic rings. The number of rotatable bonds is 8. The summed E-state index contributed by atoms with van der Waals surface area (Å²) in [6.45, 7) is 6.49. The van der Waals surface area contributed by atoms with Gasteiger partial charge in [-0.05, 0) is 25.2 Å². The second kappa shape index (κ2) is 6.89. The molecule has 0 fully saturated rings. The molecular weight excluding hydrogens is 256 g/mol. The van der Waals surface area contributed by atoms with E-state index in [1.807, 2.05) is 13.8 Å². The van der Waals surface area contributed by atoms with Crippen molar-refractivity contribution in [2.75, 3.05) is 26.2 Å². The van der Waals surface area contributed by atoms with Crippen molar-refractivity contribution < 1.29 is 17.9 Å². The second-order valence-corrected chi connectivity index (χ2v) is 5.50. The highest BCUT2D eigenvalue weighted by molar-refractivity contribution is 7.89. The van der Waals surface area contributed by atoms with Gasteiger partial charge in [-0.25, -0.2) is 13.1 Å². The smallest absolute Gasteiger partial charge is 0.274 e. The van der Waals surface area contributed by atoms with Crippen LogP contribution >= 0.6 is 0 Å². The molecule has 0 bridgehead atoms. The molecule has 18 heavy (non-hydrogen) atoms. The zero-order chi connectivity index (χ0) is 13.6. The summed E-state index contributed by atoms with van der Waals surface area (Å²) in [4.78, 5) is 2.11. The van der Waals surface area contributed by atoms with E-state index in [-0.39, 0.29) is 17.5 Å². The number of furan rings is 1. The minimum Gasteiger partial charge on any atom is -0.446 e. The summed E-state index contributed by atoms with van der Waals surface area (Å²) in [6, 6.07) is 2.78. The third-order valence-corrected chi connectivity index (χ3v) is 4.01. The fourth-order valence-corrected chi connectivity index (χ4v) is 2.50. The molecule has 0 saturated heterocycles. The van der Waals surface area contributed by atoms with Gasteiger partial charge in [0.05, 0.1) is 0 Å². The normalized spacial score (nSPS) is 12.2. The van der Waals surface area contributed by atoms with Crippen molar-refractivity contribution in [3.05, 3.63) is 17.9 Å². The third kappa shape index (κ3) is 4.09. The monoisotopic (exact) mass is 276 g/mol. The number of nitrogens with one attached hydrogen (secondary N) is 1. The zero-order valence-corrected chi connectivity index (χ0v) is 11.5. The van der Waals surface area contributed by atoms with Gasteiger partial charge in [0, 0.05) is 13.1 Å². The molecule has 0 radical (unpaired) electrons. The first-order chi connectivity index (χ1) is 8.53. The summed E-state index contributed by atoms with van der Waals surface area (Å²) in [6.07, 6.45) is 0. The van der Waals surface area contributed by atoms with Gasteiger partial charge in [0.25, 0.3) is 10.0 Å². The van der Waals surface area contributed by atoms with E-state index >= 15 is 0 Å². The highest BCUT2D eigenvalue weighted by Crippen LogP contribution is 2.13. The van der Waals surface area contributed by atoms with E-state index in [4.69, 9.17) is 9.52 Å². The Morgan fingerprint density at radius 1 is 1.33 bits per heavy atom. The van der Waals surface area contributed by atoms with Crippen LogP contribution in [0.15, 0.2) is 21.6 Å². The van der Waals surface area contributed by atoms with Gasteiger partial charge in [-0.3, -0.25) is 0 Å². The lowest BCUT2D eigenvalue weighted by Crippen LogP contribution is -2.34. The molecule has 0 spiro atoms. The molecule has 7 heteroatoms. The van der Waals surface area contributed by atoms with Crippen molar-refractivity contribution in [3.8, 4) is 0 Å². The van der Waals surface area contributed by atoms with Gasteiger partial charge in [-0.1, -0.05) is 13.8 Å². The Labute approximate surface area is 108 Å². The second-order valence-electron chi connectivity index (χ2n) is 3.80. The van der Waals surface area contributed by atoms with Crippen LogP contribution in [0.2, 0.25) is 0 Å².